The smallest absolute Gasteiger partial charge is 0.227 e. The van der Waals surface area contributed by atoms with Gasteiger partial charge >= 0.3 is 0 Å². The molecule has 0 aromatic heterocycles. The second kappa shape index (κ2) is 7.30. The molecule has 0 aromatic rings. The number of hydrogen-bond donors (Lipinski definition) is 2. The number of halogens is 1. The van der Waals surface area contributed by atoms with Gasteiger partial charge in [-0.05, 0) is 31.1 Å². The molecular weight excluding hydrogens is 288 g/mol. The number of carbonyl (C=O) groups excluding carboxylic acids is 1. The van der Waals surface area contributed by atoms with E-state index < -0.39 is 0 Å². The SMILES string of the molecule is Cl.NCC1(C(=O)NC2CC2C2CCCCC2)CCOCC1. The van der Waals surface area contributed by atoms with Crippen molar-refractivity contribution in [3.05, 3.63) is 0 Å². The van der Waals surface area contributed by atoms with E-state index in [1.54, 1.807) is 0 Å². The highest BCUT2D eigenvalue weighted by Crippen LogP contribution is 2.45. The lowest BCUT2D eigenvalue weighted by atomic mass is 9.79. The number of ether oxygens (including phenoxy) is 1. The third kappa shape index (κ3) is 3.72. The fourth-order valence-electron chi connectivity index (χ4n) is 4.07. The lowest BCUT2D eigenvalue weighted by Gasteiger charge is -2.34. The molecule has 21 heavy (non-hydrogen) atoms. The van der Waals surface area contributed by atoms with Crippen LogP contribution < -0.4 is 11.1 Å². The van der Waals surface area contributed by atoms with Gasteiger partial charge in [0.15, 0.2) is 0 Å². The van der Waals surface area contributed by atoms with E-state index in [0.29, 0.717) is 25.8 Å². The number of carbonyl (C=O) groups is 1. The summed E-state index contributed by atoms with van der Waals surface area (Å²) in [6, 6.07) is 0.428. The molecule has 2 aliphatic carbocycles. The van der Waals surface area contributed by atoms with Crippen LogP contribution in [0.15, 0.2) is 0 Å². The zero-order chi connectivity index (χ0) is 14.0. The van der Waals surface area contributed by atoms with Crippen molar-refractivity contribution in [2.45, 2.75) is 57.4 Å². The van der Waals surface area contributed by atoms with Crippen LogP contribution in [0.2, 0.25) is 0 Å². The molecule has 122 valence electrons. The molecule has 0 radical (unpaired) electrons. The summed E-state index contributed by atoms with van der Waals surface area (Å²) in [6.45, 7) is 1.78. The van der Waals surface area contributed by atoms with Crippen LogP contribution in [0.3, 0.4) is 0 Å². The number of nitrogens with two attached hydrogens (primary N) is 1. The van der Waals surface area contributed by atoms with E-state index >= 15 is 0 Å². The standard InChI is InChI=1S/C16H28N2O2.ClH/c17-11-16(6-8-20-9-7-16)15(19)18-14-10-13(14)12-4-2-1-3-5-12;/h12-14H,1-11,17H2,(H,18,19);1H. The minimum absolute atomic E-state index is 0. The van der Waals surface area contributed by atoms with Gasteiger partial charge < -0.3 is 15.8 Å². The first kappa shape index (κ1) is 17.0. The maximum Gasteiger partial charge on any atom is 0.227 e. The summed E-state index contributed by atoms with van der Waals surface area (Å²) >= 11 is 0. The average molecular weight is 317 g/mol. The summed E-state index contributed by atoms with van der Waals surface area (Å²) in [5, 5.41) is 3.29. The lowest BCUT2D eigenvalue weighted by molar-refractivity contribution is -0.136. The maximum absolute atomic E-state index is 12.6. The molecule has 1 heterocycles. The molecule has 2 unspecified atom stereocenters. The second-order valence-corrected chi connectivity index (χ2v) is 6.97. The zero-order valence-corrected chi connectivity index (χ0v) is 13.6. The Morgan fingerprint density at radius 1 is 1.19 bits per heavy atom. The van der Waals surface area contributed by atoms with Crippen molar-refractivity contribution in [1.29, 1.82) is 0 Å². The van der Waals surface area contributed by atoms with Crippen LogP contribution in [0.5, 0.6) is 0 Å². The summed E-state index contributed by atoms with van der Waals surface area (Å²) in [4.78, 5) is 12.6. The molecule has 3 aliphatic rings. The number of nitrogens with one attached hydrogen (secondary N) is 1. The van der Waals surface area contributed by atoms with E-state index in [1.807, 2.05) is 0 Å². The summed E-state index contributed by atoms with van der Waals surface area (Å²) in [5.74, 6) is 1.79. The monoisotopic (exact) mass is 316 g/mol. The van der Waals surface area contributed by atoms with E-state index in [-0.39, 0.29) is 23.7 Å². The Hall–Kier alpha value is -0.320. The Kier molecular flexibility index (Phi) is 5.92. The molecule has 0 bridgehead atoms. The number of rotatable bonds is 4. The first-order valence-corrected chi connectivity index (χ1v) is 8.34. The van der Waals surface area contributed by atoms with Gasteiger partial charge in [-0.3, -0.25) is 4.79 Å². The van der Waals surface area contributed by atoms with Gasteiger partial charge in [-0.25, -0.2) is 0 Å². The molecule has 3 fully saturated rings. The maximum atomic E-state index is 12.6. The van der Waals surface area contributed by atoms with Gasteiger partial charge in [0, 0.05) is 25.8 Å². The molecule has 1 aliphatic heterocycles. The van der Waals surface area contributed by atoms with E-state index in [1.165, 1.54) is 38.5 Å². The molecule has 3 rings (SSSR count). The van der Waals surface area contributed by atoms with E-state index in [4.69, 9.17) is 10.5 Å². The molecular formula is C16H29ClN2O2. The van der Waals surface area contributed by atoms with Crippen molar-refractivity contribution in [1.82, 2.24) is 5.32 Å². The average Bonchev–Trinajstić information content (AvgIpc) is 3.28. The largest absolute Gasteiger partial charge is 0.381 e. The van der Waals surface area contributed by atoms with Gasteiger partial charge in [-0.2, -0.15) is 0 Å². The van der Waals surface area contributed by atoms with E-state index in [0.717, 1.165) is 24.7 Å². The van der Waals surface area contributed by atoms with Crippen LogP contribution in [-0.2, 0) is 9.53 Å². The van der Waals surface area contributed by atoms with Crippen LogP contribution in [0, 0.1) is 17.3 Å². The molecule has 1 amide bonds. The highest BCUT2D eigenvalue weighted by Gasteiger charge is 2.47. The van der Waals surface area contributed by atoms with Gasteiger partial charge in [-0.15, -0.1) is 12.4 Å². The Labute approximate surface area is 134 Å². The predicted octanol–water partition coefficient (Wildman–Crippen LogP) is 2.25. The van der Waals surface area contributed by atoms with Crippen LogP contribution >= 0.6 is 12.4 Å². The molecule has 2 saturated carbocycles. The van der Waals surface area contributed by atoms with Gasteiger partial charge in [0.05, 0.1) is 5.41 Å². The lowest BCUT2D eigenvalue weighted by Crippen LogP contribution is -2.50. The van der Waals surface area contributed by atoms with Crippen molar-refractivity contribution < 1.29 is 9.53 Å². The summed E-state index contributed by atoms with van der Waals surface area (Å²) in [5.41, 5.74) is 5.53. The first-order valence-electron chi connectivity index (χ1n) is 8.34. The first-order chi connectivity index (χ1) is 9.75. The van der Waals surface area contributed by atoms with Crippen molar-refractivity contribution in [2.75, 3.05) is 19.8 Å². The summed E-state index contributed by atoms with van der Waals surface area (Å²) < 4.78 is 5.38. The van der Waals surface area contributed by atoms with Gasteiger partial charge in [0.25, 0.3) is 0 Å². The summed E-state index contributed by atoms with van der Waals surface area (Å²) in [7, 11) is 0. The normalized spacial score (nSPS) is 32.0. The third-order valence-electron chi connectivity index (χ3n) is 5.73. The van der Waals surface area contributed by atoms with Gasteiger partial charge in [0.1, 0.15) is 0 Å². The zero-order valence-electron chi connectivity index (χ0n) is 12.8. The van der Waals surface area contributed by atoms with E-state index in [2.05, 4.69) is 5.32 Å². The third-order valence-corrected chi connectivity index (χ3v) is 5.73. The Morgan fingerprint density at radius 2 is 1.86 bits per heavy atom. The molecule has 4 nitrogen and oxygen atoms in total. The Bertz CT molecular complexity index is 352. The quantitative estimate of drug-likeness (QED) is 0.836. The minimum atomic E-state index is -0.363. The number of hydrogen-bond acceptors (Lipinski definition) is 3. The van der Waals surface area contributed by atoms with Crippen molar-refractivity contribution in [3.63, 3.8) is 0 Å². The fourth-order valence-corrected chi connectivity index (χ4v) is 4.07. The molecule has 0 aromatic carbocycles. The van der Waals surface area contributed by atoms with E-state index in [9.17, 15) is 4.79 Å². The van der Waals surface area contributed by atoms with Crippen molar-refractivity contribution >= 4 is 18.3 Å². The van der Waals surface area contributed by atoms with Gasteiger partial charge in [-0.1, -0.05) is 32.1 Å². The Balaban J connectivity index is 0.00000161. The Morgan fingerprint density at radius 3 is 2.48 bits per heavy atom. The van der Waals surface area contributed by atoms with Crippen molar-refractivity contribution in [3.8, 4) is 0 Å². The van der Waals surface area contributed by atoms with Crippen LogP contribution in [-0.4, -0.2) is 31.7 Å². The van der Waals surface area contributed by atoms with Crippen molar-refractivity contribution in [2.24, 2.45) is 23.0 Å². The van der Waals surface area contributed by atoms with Crippen LogP contribution in [0.25, 0.3) is 0 Å². The topological polar surface area (TPSA) is 64.4 Å². The fraction of sp³-hybridized carbons (Fsp3) is 0.938. The second-order valence-electron chi connectivity index (χ2n) is 6.97. The summed E-state index contributed by atoms with van der Waals surface area (Å²) in [6.07, 6.45) is 9.63. The van der Waals surface area contributed by atoms with Gasteiger partial charge in [0.2, 0.25) is 5.91 Å². The van der Waals surface area contributed by atoms with Crippen LogP contribution in [0.4, 0.5) is 0 Å². The molecule has 0 spiro atoms. The molecule has 5 heteroatoms. The highest BCUT2D eigenvalue weighted by atomic mass is 35.5. The van der Waals surface area contributed by atoms with Crippen LogP contribution in [0.1, 0.15) is 51.4 Å². The highest BCUT2D eigenvalue weighted by molar-refractivity contribution is 5.85. The molecule has 1 saturated heterocycles. The predicted molar refractivity (Wildman–Crippen MR) is 85.4 cm³/mol. The minimum Gasteiger partial charge on any atom is -0.381 e. The number of amides is 1. The molecule has 3 N–H and O–H groups in total. The molecule has 2 atom stereocenters.